The molecule has 2 fully saturated rings. The molecule has 13 heteroatoms. The van der Waals surface area contributed by atoms with Crippen LogP contribution in [0.1, 0.15) is 80.1 Å². The Hall–Kier alpha value is -5.62. The molecule has 4 aromatic carbocycles. The number of carbonyl (C=O) groups is 2. The number of Topliss-reactive ketones (excluding diaryl/α,β-unsaturated/α-hetero) is 1. The van der Waals surface area contributed by atoms with Crippen molar-refractivity contribution in [1.82, 2.24) is 9.88 Å². The Kier molecular flexibility index (Phi) is 9.73. The van der Waals surface area contributed by atoms with Crippen molar-refractivity contribution in [1.29, 1.82) is 0 Å². The zero-order valence-electron chi connectivity index (χ0n) is 33.1. The van der Waals surface area contributed by atoms with Gasteiger partial charge in [-0.15, -0.1) is 0 Å². The summed E-state index contributed by atoms with van der Waals surface area (Å²) in [5.41, 5.74) is 3.22. The van der Waals surface area contributed by atoms with Crippen molar-refractivity contribution in [3.8, 4) is 29.3 Å². The second-order valence-electron chi connectivity index (χ2n) is 16.7. The number of aromatic amines is 1. The van der Waals surface area contributed by atoms with Gasteiger partial charge in [0.15, 0.2) is 17.5 Å². The van der Waals surface area contributed by atoms with Crippen LogP contribution in [-0.2, 0) is 40.2 Å². The Morgan fingerprint density at radius 2 is 1.90 bits per heavy atom. The number of aryl methyl sites for hydroxylation is 1. The highest BCUT2D eigenvalue weighted by Crippen LogP contribution is 2.54. The zero-order chi connectivity index (χ0) is 41.3. The lowest BCUT2D eigenvalue weighted by atomic mass is 9.72. The molecule has 0 spiro atoms. The number of methoxy groups -OCH3 is 1. The molecular weight excluding hydrogens is 769 g/mol. The summed E-state index contributed by atoms with van der Waals surface area (Å²) in [7, 11) is 1.50. The first-order valence-corrected chi connectivity index (χ1v) is 20.6. The van der Waals surface area contributed by atoms with Gasteiger partial charge in [-0.25, -0.2) is 0 Å². The molecular formula is C47H46N2O11. The van der Waals surface area contributed by atoms with Gasteiger partial charge in [0.1, 0.15) is 35.6 Å². The van der Waals surface area contributed by atoms with E-state index < -0.39 is 42.6 Å². The molecule has 1 amide bonds. The highest BCUT2D eigenvalue weighted by atomic mass is 16.7. The number of para-hydroxylation sites is 1. The lowest BCUT2D eigenvalue weighted by molar-refractivity contribution is -0.327. The number of ether oxygens (including phenoxy) is 5. The fourth-order valence-corrected chi connectivity index (χ4v) is 10.4. The maximum Gasteiger partial charge on any atom is 0.254 e. The first-order valence-electron chi connectivity index (χ1n) is 20.6. The van der Waals surface area contributed by atoms with Crippen LogP contribution < -0.4 is 9.47 Å². The normalized spacial score (nSPS) is 27.1. The Bertz CT molecular complexity index is 2610. The third kappa shape index (κ3) is 6.20. The number of benzene rings is 4. The largest absolute Gasteiger partial charge is 0.506 e. The number of fused-ring (bicyclic) bond motifs is 10. The van der Waals surface area contributed by atoms with Crippen LogP contribution in [0.4, 0.5) is 0 Å². The average molecular weight is 815 g/mol. The highest BCUT2D eigenvalue weighted by Gasteiger charge is 2.59. The molecule has 1 saturated carbocycles. The maximum atomic E-state index is 14.8. The lowest BCUT2D eigenvalue weighted by Crippen LogP contribution is -2.70. The van der Waals surface area contributed by atoms with E-state index in [1.54, 1.807) is 12.1 Å². The Balaban J connectivity index is 1.11. The molecule has 10 rings (SSSR count). The van der Waals surface area contributed by atoms with E-state index >= 15 is 0 Å². The molecule has 13 nitrogen and oxygen atoms in total. The number of amides is 1. The van der Waals surface area contributed by atoms with Gasteiger partial charge in [0.2, 0.25) is 6.29 Å². The fourth-order valence-electron chi connectivity index (χ4n) is 10.4. The number of aromatic nitrogens is 1. The third-order valence-electron chi connectivity index (χ3n) is 13.4. The summed E-state index contributed by atoms with van der Waals surface area (Å²) in [4.78, 5) is 33.4. The van der Waals surface area contributed by atoms with Crippen molar-refractivity contribution in [2.24, 2.45) is 5.92 Å². The molecule has 1 aromatic heterocycles. The zero-order valence-corrected chi connectivity index (χ0v) is 33.1. The minimum atomic E-state index is -2.41. The van der Waals surface area contributed by atoms with Crippen molar-refractivity contribution in [2.75, 3.05) is 26.9 Å². The maximum absolute atomic E-state index is 14.8. The average Bonchev–Trinajstić information content (AvgIpc) is 3.99. The predicted molar refractivity (Wildman–Crippen MR) is 218 cm³/mol. The van der Waals surface area contributed by atoms with Gasteiger partial charge >= 0.3 is 0 Å². The number of phenols is 1. The van der Waals surface area contributed by atoms with Gasteiger partial charge < -0.3 is 54.0 Å². The Morgan fingerprint density at radius 3 is 2.75 bits per heavy atom. The van der Waals surface area contributed by atoms with E-state index in [2.05, 4.69) is 17.0 Å². The number of hydrogen-bond donors (Lipinski definition) is 5. The monoisotopic (exact) mass is 814 g/mol. The van der Waals surface area contributed by atoms with Crippen LogP contribution in [0.5, 0.6) is 17.2 Å². The highest BCUT2D eigenvalue weighted by molar-refractivity contribution is 6.12. The van der Waals surface area contributed by atoms with Gasteiger partial charge in [0, 0.05) is 47.3 Å². The van der Waals surface area contributed by atoms with E-state index in [9.17, 15) is 30.0 Å². The molecule has 5 N–H and O–H groups in total. The first kappa shape index (κ1) is 38.6. The standard InChI is InChI=1S/C47H46N2O11/c1-56-28-17-33-31-15-14-26-8-4-11-30(26)39(31)41-36(51)21-49-20-34-25(7-5-12-32(34)45(49)54)9-6-16-58-44-42(52)38(23-57-22-27-19-48-35-13-3-2-10-29(27)35)60-46(47(44,55)24-50)59-37(18-28)40(33)43(41)53/h2-3,5,7,10,12-13,17-19,26,30,38,42,44,46,48,50,52-53,55H,4,8-9,11,14-15,20-24H2,1H3. The molecule has 7 unspecified atom stereocenters. The van der Waals surface area contributed by atoms with E-state index in [0.717, 1.165) is 64.4 Å². The van der Waals surface area contributed by atoms with Crippen LogP contribution in [0.15, 0.2) is 60.8 Å². The lowest BCUT2D eigenvalue weighted by Gasteiger charge is -2.47. The molecule has 5 aliphatic rings. The number of aromatic hydroxyl groups is 1. The number of H-pyrrole nitrogens is 1. The number of rotatable bonds is 6. The minimum absolute atomic E-state index is 0.000724. The van der Waals surface area contributed by atoms with Crippen LogP contribution in [0.2, 0.25) is 0 Å². The van der Waals surface area contributed by atoms with Gasteiger partial charge in [-0.2, -0.15) is 0 Å². The minimum Gasteiger partial charge on any atom is -0.506 e. The smallest absolute Gasteiger partial charge is 0.254 e. The summed E-state index contributed by atoms with van der Waals surface area (Å²) in [6.45, 7) is -1.07. The van der Waals surface area contributed by atoms with Gasteiger partial charge in [-0.1, -0.05) is 42.7 Å². The summed E-state index contributed by atoms with van der Waals surface area (Å²) >= 11 is 0. The third-order valence-corrected chi connectivity index (χ3v) is 13.4. The number of nitrogens with zero attached hydrogens (tertiary/aromatic N) is 1. The van der Waals surface area contributed by atoms with Crippen LogP contribution >= 0.6 is 0 Å². The first-order chi connectivity index (χ1) is 29.2. The number of hydrogen-bond acceptors (Lipinski definition) is 11. The Labute approximate surface area is 345 Å². The number of ketones is 1. The molecule has 1 saturated heterocycles. The van der Waals surface area contributed by atoms with E-state index in [1.165, 1.54) is 18.1 Å². The quantitative estimate of drug-likeness (QED) is 0.146. The van der Waals surface area contributed by atoms with E-state index in [4.69, 9.17) is 23.7 Å². The van der Waals surface area contributed by atoms with Crippen molar-refractivity contribution in [3.63, 3.8) is 0 Å². The Morgan fingerprint density at radius 1 is 1.03 bits per heavy atom. The number of carbonyl (C=O) groups excluding carboxylic acids is 2. The topological polar surface area (TPSA) is 180 Å². The van der Waals surface area contributed by atoms with Crippen LogP contribution in [0, 0.1) is 17.9 Å². The molecule has 5 aromatic rings. The van der Waals surface area contributed by atoms with Gasteiger partial charge in [0.25, 0.3) is 5.91 Å². The van der Waals surface area contributed by atoms with Crippen LogP contribution in [0.25, 0.3) is 21.7 Å². The molecule has 4 heterocycles. The number of nitrogens with one attached hydrogen (secondary N) is 1. The second kappa shape index (κ2) is 15.1. The molecule has 6 bridgehead atoms. The van der Waals surface area contributed by atoms with Crippen molar-refractivity contribution >= 4 is 33.4 Å². The van der Waals surface area contributed by atoms with Crippen LogP contribution in [0.3, 0.4) is 0 Å². The van der Waals surface area contributed by atoms with Gasteiger partial charge in [-0.3, -0.25) is 9.59 Å². The molecule has 7 atom stereocenters. The van der Waals surface area contributed by atoms with Crippen LogP contribution in [-0.4, -0.2) is 99.1 Å². The van der Waals surface area contributed by atoms with Crippen molar-refractivity contribution in [2.45, 2.75) is 87.8 Å². The molecule has 310 valence electrons. The SMILES string of the molecule is COc1cc2c3c(O)c(c4c(c3c1)CCC1CCCC41)C(=O)CN1Cc3c(cccc3C1=O)CC#COC1C(O)C(COCc3c[nH]c4ccccc34)OC(O2)C1(O)CO. The van der Waals surface area contributed by atoms with Gasteiger partial charge in [-0.05, 0) is 83.4 Å². The summed E-state index contributed by atoms with van der Waals surface area (Å²) in [6, 6.07) is 16.5. The molecule has 3 aliphatic heterocycles. The molecule has 2 aliphatic carbocycles. The predicted octanol–water partition coefficient (Wildman–Crippen LogP) is 5.01. The number of phenolic OH excluding ortho intramolecular Hbond substituents is 1. The summed E-state index contributed by atoms with van der Waals surface area (Å²) in [6.07, 6.45) is 3.01. The van der Waals surface area contributed by atoms with Crippen molar-refractivity contribution in [3.05, 3.63) is 99.7 Å². The summed E-state index contributed by atoms with van der Waals surface area (Å²) in [5, 5.41) is 49.4. The van der Waals surface area contributed by atoms with E-state index in [0.29, 0.717) is 29.0 Å². The van der Waals surface area contributed by atoms with Crippen molar-refractivity contribution < 1.29 is 53.7 Å². The fraction of sp³-hybridized carbons (Fsp3) is 0.404. The van der Waals surface area contributed by atoms with Gasteiger partial charge in [0.05, 0.1) is 44.4 Å². The number of aliphatic hydroxyl groups is 3. The van der Waals surface area contributed by atoms with E-state index in [-0.39, 0.29) is 67.0 Å². The number of aliphatic hydroxyl groups excluding tert-OH is 2. The molecule has 60 heavy (non-hydrogen) atoms. The summed E-state index contributed by atoms with van der Waals surface area (Å²) < 4.78 is 30.8. The van der Waals surface area contributed by atoms with E-state index in [1.807, 2.05) is 42.6 Å². The summed E-state index contributed by atoms with van der Waals surface area (Å²) in [5.74, 6) is 2.73. The second-order valence-corrected chi connectivity index (χ2v) is 16.7. The molecule has 0 radical (unpaired) electrons.